The van der Waals surface area contributed by atoms with Gasteiger partial charge in [-0.05, 0) is 24.5 Å². The molecule has 0 saturated carbocycles. The molecule has 0 atom stereocenters. The van der Waals surface area contributed by atoms with Gasteiger partial charge in [0.2, 0.25) is 0 Å². The van der Waals surface area contributed by atoms with Crippen LogP contribution in [-0.2, 0) is 5.41 Å². The molecule has 0 aliphatic heterocycles. The Balaban J connectivity index is 2.67. The Kier molecular flexibility index (Phi) is 4.45. The summed E-state index contributed by atoms with van der Waals surface area (Å²) in [5.41, 5.74) is 1.68. The first-order chi connectivity index (χ1) is 7.54. The van der Waals surface area contributed by atoms with Crippen molar-refractivity contribution in [3.05, 3.63) is 23.5 Å². The van der Waals surface area contributed by atoms with Crippen LogP contribution < -0.4 is 0 Å². The summed E-state index contributed by atoms with van der Waals surface area (Å²) in [5.74, 6) is 5.87. The van der Waals surface area contributed by atoms with E-state index in [4.69, 9.17) is 5.11 Å². The van der Waals surface area contributed by atoms with Gasteiger partial charge in [-0.3, -0.25) is 0 Å². The van der Waals surface area contributed by atoms with Crippen LogP contribution in [0.5, 0.6) is 0 Å². The number of aliphatic hydroxyl groups is 1. The van der Waals surface area contributed by atoms with Gasteiger partial charge in [-0.25, -0.2) is 0 Å². The van der Waals surface area contributed by atoms with Crippen molar-refractivity contribution in [3.8, 4) is 11.8 Å². The predicted molar refractivity (Wildman–Crippen MR) is 63.9 cm³/mol. The highest BCUT2D eigenvalue weighted by Gasteiger charge is 2.15. The molecule has 1 heterocycles. The Labute approximate surface area is 96.9 Å². The molecule has 1 N–H and O–H groups in total. The third-order valence-corrected chi connectivity index (χ3v) is 2.11. The van der Waals surface area contributed by atoms with E-state index >= 15 is 0 Å². The van der Waals surface area contributed by atoms with Gasteiger partial charge in [-0.1, -0.05) is 26.7 Å². The van der Waals surface area contributed by atoms with Crippen LogP contribution in [0.4, 0.5) is 0 Å². The lowest BCUT2D eigenvalue weighted by atomic mass is 9.92. The molecule has 0 amide bonds. The first-order valence-corrected chi connectivity index (χ1v) is 5.48. The minimum absolute atomic E-state index is 0.0237. The maximum absolute atomic E-state index is 8.59. The minimum atomic E-state index is 0.0237. The van der Waals surface area contributed by atoms with Crippen molar-refractivity contribution in [1.82, 2.24) is 10.2 Å². The zero-order valence-corrected chi connectivity index (χ0v) is 10.1. The quantitative estimate of drug-likeness (QED) is 0.609. The van der Waals surface area contributed by atoms with Gasteiger partial charge in [-0.2, -0.15) is 5.10 Å². The van der Waals surface area contributed by atoms with E-state index in [-0.39, 0.29) is 12.0 Å². The number of rotatable bonds is 2. The molecule has 0 saturated heterocycles. The molecule has 16 heavy (non-hydrogen) atoms. The van der Waals surface area contributed by atoms with Gasteiger partial charge in [0, 0.05) is 18.4 Å². The Morgan fingerprint density at radius 2 is 2.00 bits per heavy atom. The monoisotopic (exact) mass is 218 g/mol. The fraction of sp³-hybridized carbons (Fsp3) is 0.538. The van der Waals surface area contributed by atoms with Crippen LogP contribution in [0.15, 0.2) is 12.1 Å². The maximum atomic E-state index is 8.59. The van der Waals surface area contributed by atoms with E-state index in [2.05, 4.69) is 42.8 Å². The van der Waals surface area contributed by atoms with Gasteiger partial charge in [0.15, 0.2) is 0 Å². The van der Waals surface area contributed by atoms with E-state index in [1.165, 1.54) is 0 Å². The summed E-state index contributed by atoms with van der Waals surface area (Å²) in [6.45, 7) is 6.49. The van der Waals surface area contributed by atoms with E-state index < -0.39 is 0 Å². The lowest BCUT2D eigenvalue weighted by molar-refractivity contribution is 0.290. The van der Waals surface area contributed by atoms with Crippen molar-refractivity contribution in [3.63, 3.8) is 0 Å². The second kappa shape index (κ2) is 5.62. The van der Waals surface area contributed by atoms with Crippen molar-refractivity contribution in [1.29, 1.82) is 0 Å². The highest BCUT2D eigenvalue weighted by Crippen LogP contribution is 2.18. The minimum Gasteiger partial charge on any atom is -0.396 e. The average Bonchev–Trinajstić information content (AvgIpc) is 2.24. The summed E-state index contributed by atoms with van der Waals surface area (Å²) in [6.07, 6.45) is 1.40. The standard InChI is InChI=1S/C13H18N2O/c1-13(2,3)12-9-8-11(14-15-12)7-5-4-6-10-16/h8-9,16H,4,6,10H2,1-3H3. The summed E-state index contributed by atoms with van der Waals surface area (Å²) in [5, 5.41) is 16.8. The molecule has 0 radical (unpaired) electrons. The number of unbranched alkanes of at least 4 members (excludes halogenated alkanes) is 1. The van der Waals surface area contributed by atoms with Gasteiger partial charge >= 0.3 is 0 Å². The summed E-state index contributed by atoms with van der Waals surface area (Å²) >= 11 is 0. The van der Waals surface area contributed by atoms with E-state index in [0.717, 1.165) is 5.69 Å². The zero-order valence-electron chi connectivity index (χ0n) is 10.1. The van der Waals surface area contributed by atoms with E-state index in [0.29, 0.717) is 18.5 Å². The van der Waals surface area contributed by atoms with Crippen molar-refractivity contribution in [2.45, 2.75) is 39.0 Å². The number of hydrogen-bond donors (Lipinski definition) is 1. The number of hydrogen-bond acceptors (Lipinski definition) is 3. The van der Waals surface area contributed by atoms with Crippen molar-refractivity contribution in [2.24, 2.45) is 0 Å². The molecule has 3 heteroatoms. The number of nitrogens with zero attached hydrogens (tertiary/aromatic N) is 2. The summed E-state index contributed by atoms with van der Waals surface area (Å²) < 4.78 is 0. The predicted octanol–water partition coefficient (Wildman–Crippen LogP) is 1.90. The van der Waals surface area contributed by atoms with E-state index in [1.807, 2.05) is 12.1 Å². The highest BCUT2D eigenvalue weighted by molar-refractivity contribution is 5.27. The molecule has 0 aliphatic carbocycles. The zero-order chi connectivity index (χ0) is 12.0. The van der Waals surface area contributed by atoms with Gasteiger partial charge < -0.3 is 5.11 Å². The lowest BCUT2D eigenvalue weighted by Crippen LogP contribution is -2.14. The molecule has 3 nitrogen and oxygen atoms in total. The Hall–Kier alpha value is -1.40. The van der Waals surface area contributed by atoms with Crippen LogP contribution in [0.1, 0.15) is 45.0 Å². The molecule has 0 aliphatic rings. The van der Waals surface area contributed by atoms with Gasteiger partial charge in [-0.15, -0.1) is 5.10 Å². The topological polar surface area (TPSA) is 46.0 Å². The van der Waals surface area contributed by atoms with Crippen LogP contribution in [0.25, 0.3) is 0 Å². The summed E-state index contributed by atoms with van der Waals surface area (Å²) in [4.78, 5) is 0. The molecule has 0 aromatic carbocycles. The second-order valence-corrected chi connectivity index (χ2v) is 4.68. The first-order valence-electron chi connectivity index (χ1n) is 5.48. The van der Waals surface area contributed by atoms with Gasteiger partial charge in [0.1, 0.15) is 5.69 Å². The normalized spacial score (nSPS) is 10.8. The van der Waals surface area contributed by atoms with Crippen molar-refractivity contribution >= 4 is 0 Å². The Bertz CT molecular complexity index is 379. The van der Waals surface area contributed by atoms with Crippen LogP contribution in [0.2, 0.25) is 0 Å². The molecule has 86 valence electrons. The van der Waals surface area contributed by atoms with Crippen LogP contribution in [0.3, 0.4) is 0 Å². The lowest BCUT2D eigenvalue weighted by Gasteiger charge is -2.15. The van der Waals surface area contributed by atoms with Gasteiger partial charge in [0.05, 0.1) is 5.69 Å². The fourth-order valence-electron chi connectivity index (χ4n) is 1.12. The molecule has 1 aromatic heterocycles. The smallest absolute Gasteiger partial charge is 0.135 e. The SMILES string of the molecule is CC(C)(C)c1ccc(C#CCCCO)nn1. The largest absolute Gasteiger partial charge is 0.396 e. The Morgan fingerprint density at radius 1 is 1.25 bits per heavy atom. The average molecular weight is 218 g/mol. The molecule has 0 unspecified atom stereocenters. The maximum Gasteiger partial charge on any atom is 0.135 e. The van der Waals surface area contributed by atoms with Crippen molar-refractivity contribution < 1.29 is 5.11 Å². The third kappa shape index (κ3) is 4.00. The first kappa shape index (κ1) is 12.7. The second-order valence-electron chi connectivity index (χ2n) is 4.68. The van der Waals surface area contributed by atoms with Gasteiger partial charge in [0.25, 0.3) is 0 Å². The van der Waals surface area contributed by atoms with E-state index in [9.17, 15) is 0 Å². The molecule has 1 rings (SSSR count). The summed E-state index contributed by atoms with van der Waals surface area (Å²) in [7, 11) is 0. The molecular formula is C13H18N2O. The van der Waals surface area contributed by atoms with Crippen LogP contribution in [-0.4, -0.2) is 21.9 Å². The molecule has 0 fully saturated rings. The van der Waals surface area contributed by atoms with E-state index in [1.54, 1.807) is 0 Å². The molecule has 0 spiro atoms. The fourth-order valence-corrected chi connectivity index (χ4v) is 1.12. The van der Waals surface area contributed by atoms with Crippen LogP contribution in [0, 0.1) is 11.8 Å². The molecular weight excluding hydrogens is 200 g/mol. The highest BCUT2D eigenvalue weighted by atomic mass is 16.2. The van der Waals surface area contributed by atoms with Crippen LogP contribution >= 0.6 is 0 Å². The number of aliphatic hydroxyl groups excluding tert-OH is 1. The Morgan fingerprint density at radius 3 is 2.50 bits per heavy atom. The summed E-state index contributed by atoms with van der Waals surface area (Å²) in [6, 6.07) is 3.85. The third-order valence-electron chi connectivity index (χ3n) is 2.11. The molecule has 1 aromatic rings. The number of aromatic nitrogens is 2. The molecule has 0 bridgehead atoms. The van der Waals surface area contributed by atoms with Crippen molar-refractivity contribution in [2.75, 3.05) is 6.61 Å².